The molecule has 0 aliphatic heterocycles. The van der Waals surface area contributed by atoms with Crippen molar-refractivity contribution in [1.82, 2.24) is 10.2 Å². The molecule has 0 aliphatic carbocycles. The van der Waals surface area contributed by atoms with Crippen LogP contribution in [0.3, 0.4) is 0 Å². The third kappa shape index (κ3) is 7.90. The Balaban J connectivity index is 2.11. The number of halogens is 3. The van der Waals surface area contributed by atoms with E-state index in [1.54, 1.807) is 42.2 Å². The molecule has 168 valence electrons. The zero-order chi connectivity index (χ0) is 23.0. The monoisotopic (exact) mass is 500 g/mol. The smallest absolute Gasteiger partial charge is 0.242 e. The second-order valence-electron chi connectivity index (χ2n) is 7.33. The summed E-state index contributed by atoms with van der Waals surface area (Å²) in [5.41, 5.74) is 1.70. The number of benzene rings is 2. The van der Waals surface area contributed by atoms with Gasteiger partial charge in [-0.1, -0.05) is 59.9 Å². The maximum Gasteiger partial charge on any atom is 0.242 e. The van der Waals surface area contributed by atoms with E-state index in [0.29, 0.717) is 27.4 Å². The topological polar surface area (TPSA) is 49.4 Å². The Hall–Kier alpha value is -1.40. The van der Waals surface area contributed by atoms with Gasteiger partial charge in [0.1, 0.15) is 6.04 Å². The van der Waals surface area contributed by atoms with Crippen molar-refractivity contribution in [3.8, 4) is 0 Å². The molecule has 2 atom stereocenters. The zero-order valence-electron chi connectivity index (χ0n) is 17.8. The first-order valence-electron chi connectivity index (χ1n) is 10.1. The maximum absolute atomic E-state index is 13.1. The first kappa shape index (κ1) is 25.9. The molecule has 0 bridgehead atoms. The normalized spacial score (nSPS) is 12.8. The van der Waals surface area contributed by atoms with Gasteiger partial charge in [-0.05, 0) is 55.7 Å². The largest absolute Gasteiger partial charge is 0.352 e. The summed E-state index contributed by atoms with van der Waals surface area (Å²) < 4.78 is 0. The summed E-state index contributed by atoms with van der Waals surface area (Å²) in [6.07, 6.45) is 0.817. The van der Waals surface area contributed by atoms with E-state index in [4.69, 9.17) is 34.8 Å². The third-order valence-electron chi connectivity index (χ3n) is 4.97. The van der Waals surface area contributed by atoms with Crippen LogP contribution in [0.2, 0.25) is 15.1 Å². The minimum atomic E-state index is -0.610. The molecule has 2 rings (SSSR count). The minimum absolute atomic E-state index is 0.0409. The molecule has 0 saturated carbocycles. The van der Waals surface area contributed by atoms with Crippen LogP contribution in [-0.4, -0.2) is 34.6 Å². The first-order valence-corrected chi connectivity index (χ1v) is 12.4. The molecule has 2 unspecified atom stereocenters. The molecular weight excluding hydrogens is 475 g/mol. The summed E-state index contributed by atoms with van der Waals surface area (Å²) in [5.74, 6) is 0.411. The molecule has 2 amide bonds. The predicted octanol–water partition coefficient (Wildman–Crippen LogP) is 6.21. The fraction of sp³-hybridized carbons (Fsp3) is 0.391. The molecule has 0 saturated heterocycles. The Bertz CT molecular complexity index is 873. The number of hydrogen-bond donors (Lipinski definition) is 1. The van der Waals surface area contributed by atoms with Gasteiger partial charge in [0, 0.05) is 33.4 Å². The van der Waals surface area contributed by atoms with E-state index in [0.717, 1.165) is 17.5 Å². The molecule has 0 fully saturated rings. The number of thioether (sulfide) groups is 1. The van der Waals surface area contributed by atoms with Gasteiger partial charge in [0.2, 0.25) is 11.8 Å². The highest BCUT2D eigenvalue weighted by atomic mass is 35.5. The average Bonchev–Trinajstić information content (AvgIpc) is 2.74. The highest BCUT2D eigenvalue weighted by Gasteiger charge is 2.26. The Morgan fingerprint density at radius 3 is 2.23 bits per heavy atom. The highest BCUT2D eigenvalue weighted by molar-refractivity contribution is 7.99. The quantitative estimate of drug-likeness (QED) is 0.421. The number of hydrogen-bond acceptors (Lipinski definition) is 3. The molecule has 1 N–H and O–H groups in total. The molecule has 4 nitrogen and oxygen atoms in total. The van der Waals surface area contributed by atoms with Crippen molar-refractivity contribution in [1.29, 1.82) is 0 Å². The lowest BCUT2D eigenvalue weighted by Crippen LogP contribution is -2.50. The lowest BCUT2D eigenvalue weighted by molar-refractivity contribution is -0.138. The summed E-state index contributed by atoms with van der Waals surface area (Å²) in [7, 11) is 0. The van der Waals surface area contributed by atoms with Crippen LogP contribution in [0.1, 0.15) is 38.3 Å². The van der Waals surface area contributed by atoms with E-state index in [1.807, 2.05) is 26.0 Å². The van der Waals surface area contributed by atoms with Crippen LogP contribution in [0.15, 0.2) is 42.5 Å². The van der Waals surface area contributed by atoms with Crippen LogP contribution < -0.4 is 5.32 Å². The van der Waals surface area contributed by atoms with Crippen LogP contribution in [0.25, 0.3) is 0 Å². The van der Waals surface area contributed by atoms with E-state index in [1.165, 1.54) is 11.8 Å². The number of nitrogens with zero attached hydrogens (tertiary/aromatic N) is 1. The van der Waals surface area contributed by atoms with E-state index in [-0.39, 0.29) is 23.6 Å². The fourth-order valence-corrected chi connectivity index (χ4v) is 4.60. The van der Waals surface area contributed by atoms with Gasteiger partial charge < -0.3 is 10.2 Å². The molecule has 2 aromatic carbocycles. The number of carbonyl (C=O) groups excluding carboxylic acids is 2. The summed E-state index contributed by atoms with van der Waals surface area (Å²) in [4.78, 5) is 27.4. The van der Waals surface area contributed by atoms with Crippen molar-refractivity contribution in [3.63, 3.8) is 0 Å². The third-order valence-corrected chi connectivity index (χ3v) is 6.87. The molecular formula is C23H27Cl3N2O2S. The minimum Gasteiger partial charge on any atom is -0.352 e. The molecule has 0 radical (unpaired) electrons. The van der Waals surface area contributed by atoms with Crippen molar-refractivity contribution < 1.29 is 9.59 Å². The molecule has 8 heteroatoms. The van der Waals surface area contributed by atoms with Crippen molar-refractivity contribution in [3.05, 3.63) is 68.7 Å². The van der Waals surface area contributed by atoms with Crippen LogP contribution in [0, 0.1) is 0 Å². The zero-order valence-corrected chi connectivity index (χ0v) is 20.9. The van der Waals surface area contributed by atoms with E-state index in [9.17, 15) is 9.59 Å². The Kier molecular flexibility index (Phi) is 10.5. The van der Waals surface area contributed by atoms with Crippen molar-refractivity contribution in [2.75, 3.05) is 5.75 Å². The highest BCUT2D eigenvalue weighted by Crippen LogP contribution is 2.28. The van der Waals surface area contributed by atoms with Crippen molar-refractivity contribution in [2.45, 2.75) is 51.6 Å². The summed E-state index contributed by atoms with van der Waals surface area (Å²) >= 11 is 19.8. The van der Waals surface area contributed by atoms with E-state index < -0.39 is 6.04 Å². The number of carbonyl (C=O) groups is 2. The predicted molar refractivity (Wildman–Crippen MR) is 132 cm³/mol. The summed E-state index contributed by atoms with van der Waals surface area (Å²) in [6.45, 7) is 6.02. The Morgan fingerprint density at radius 1 is 1.03 bits per heavy atom. The SMILES string of the molecule is CCC(C)NC(=O)C(C)N(Cc1ccc(Cl)cc1)C(=O)CSCc1c(Cl)cccc1Cl. The molecule has 2 aromatic rings. The molecule has 0 aromatic heterocycles. The number of rotatable bonds is 10. The maximum atomic E-state index is 13.1. The Labute approximate surface area is 203 Å². The molecule has 0 spiro atoms. The molecule has 0 aliphatic rings. The second kappa shape index (κ2) is 12.6. The van der Waals surface area contributed by atoms with Crippen LogP contribution in [0.5, 0.6) is 0 Å². The molecule has 0 heterocycles. The molecule has 31 heavy (non-hydrogen) atoms. The number of nitrogens with one attached hydrogen (secondary N) is 1. The van der Waals surface area contributed by atoms with E-state index in [2.05, 4.69) is 5.32 Å². The number of amides is 2. The lowest BCUT2D eigenvalue weighted by atomic mass is 10.1. The summed E-state index contributed by atoms with van der Waals surface area (Å²) in [5, 5.41) is 4.73. The second-order valence-corrected chi connectivity index (χ2v) is 9.57. The van der Waals surface area contributed by atoms with Gasteiger partial charge in [0.25, 0.3) is 0 Å². The van der Waals surface area contributed by atoms with Gasteiger partial charge in [-0.2, -0.15) is 0 Å². The standard InChI is InChI=1S/C23H27Cl3N2O2S/c1-4-15(2)27-23(30)16(3)28(12-17-8-10-18(24)11-9-17)22(29)14-31-13-19-20(25)6-5-7-21(19)26/h5-11,15-16H,4,12-14H2,1-3H3,(H,27,30). The van der Waals surface area contributed by atoms with Crippen LogP contribution in [-0.2, 0) is 21.9 Å². The summed E-state index contributed by atoms with van der Waals surface area (Å²) in [6, 6.07) is 12.0. The van der Waals surface area contributed by atoms with Gasteiger partial charge in [-0.3, -0.25) is 9.59 Å². The van der Waals surface area contributed by atoms with Crippen LogP contribution in [0.4, 0.5) is 0 Å². The Morgan fingerprint density at radius 2 is 1.65 bits per heavy atom. The van der Waals surface area contributed by atoms with Gasteiger partial charge in [-0.15, -0.1) is 11.8 Å². The fourth-order valence-electron chi connectivity index (χ4n) is 2.83. The average molecular weight is 502 g/mol. The van der Waals surface area contributed by atoms with Gasteiger partial charge in [0.15, 0.2) is 0 Å². The van der Waals surface area contributed by atoms with Crippen molar-refractivity contribution in [2.24, 2.45) is 0 Å². The van der Waals surface area contributed by atoms with E-state index >= 15 is 0 Å². The van der Waals surface area contributed by atoms with Gasteiger partial charge in [0.05, 0.1) is 5.75 Å². The lowest BCUT2D eigenvalue weighted by Gasteiger charge is -2.29. The van der Waals surface area contributed by atoms with Gasteiger partial charge >= 0.3 is 0 Å². The first-order chi connectivity index (χ1) is 14.7. The van der Waals surface area contributed by atoms with Crippen LogP contribution >= 0.6 is 46.6 Å². The van der Waals surface area contributed by atoms with Gasteiger partial charge in [-0.25, -0.2) is 0 Å². The van der Waals surface area contributed by atoms with Crippen molar-refractivity contribution >= 4 is 58.4 Å².